The number of nitrogens with one attached hydrogen (secondary N) is 1. The zero-order valence-electron chi connectivity index (χ0n) is 13.2. The van der Waals surface area contributed by atoms with Crippen molar-refractivity contribution < 1.29 is 19.5 Å². The lowest BCUT2D eigenvalue weighted by molar-refractivity contribution is -0.138. The van der Waals surface area contributed by atoms with Gasteiger partial charge in [0.1, 0.15) is 6.54 Å². The molecular formula is C15H21N3O4. The van der Waals surface area contributed by atoms with Crippen molar-refractivity contribution in [1.82, 2.24) is 9.80 Å². The van der Waals surface area contributed by atoms with Crippen LogP contribution >= 0.6 is 0 Å². The number of benzene rings is 1. The summed E-state index contributed by atoms with van der Waals surface area (Å²) in [7, 11) is 3.22. The molecule has 7 heteroatoms. The van der Waals surface area contributed by atoms with Gasteiger partial charge in [-0.2, -0.15) is 0 Å². The molecule has 0 aliphatic carbocycles. The molecule has 0 saturated carbocycles. The molecule has 0 bridgehead atoms. The average molecular weight is 307 g/mol. The highest BCUT2D eigenvalue weighted by molar-refractivity contribution is 5.98. The van der Waals surface area contributed by atoms with Gasteiger partial charge in [0.25, 0.3) is 5.91 Å². The molecule has 1 aromatic carbocycles. The lowest BCUT2D eigenvalue weighted by atomic mass is 10.1. The molecular weight excluding hydrogens is 286 g/mol. The highest BCUT2D eigenvalue weighted by Crippen LogP contribution is 2.14. The van der Waals surface area contributed by atoms with E-state index in [1.807, 2.05) is 0 Å². The van der Waals surface area contributed by atoms with Gasteiger partial charge in [-0.15, -0.1) is 0 Å². The predicted molar refractivity (Wildman–Crippen MR) is 83.0 cm³/mol. The first kappa shape index (κ1) is 17.5. The molecule has 2 N–H and O–H groups in total. The van der Waals surface area contributed by atoms with Crippen molar-refractivity contribution in [3.63, 3.8) is 0 Å². The lowest BCUT2D eigenvalue weighted by Crippen LogP contribution is -2.40. The summed E-state index contributed by atoms with van der Waals surface area (Å²) in [5.41, 5.74) is 0.801. The van der Waals surface area contributed by atoms with E-state index < -0.39 is 11.9 Å². The third kappa shape index (κ3) is 4.76. The number of carbonyl (C=O) groups excluding carboxylic acids is 2. The number of nitrogens with zero attached hydrogens (tertiary/aromatic N) is 2. The Balaban J connectivity index is 2.98. The predicted octanol–water partition coefficient (Wildman–Crippen LogP) is 1.72. The average Bonchev–Trinajstić information content (AvgIpc) is 2.43. The Morgan fingerprint density at radius 3 is 2.36 bits per heavy atom. The van der Waals surface area contributed by atoms with Crippen LogP contribution in [0.15, 0.2) is 24.3 Å². The van der Waals surface area contributed by atoms with Crippen molar-refractivity contribution in [3.05, 3.63) is 29.8 Å². The van der Waals surface area contributed by atoms with Crippen LogP contribution in [0, 0.1) is 0 Å². The van der Waals surface area contributed by atoms with Crippen LogP contribution in [0.4, 0.5) is 10.5 Å². The second-order valence-electron chi connectivity index (χ2n) is 5.33. The maximum Gasteiger partial charge on any atom is 0.323 e. The van der Waals surface area contributed by atoms with Crippen LogP contribution in [-0.2, 0) is 4.79 Å². The smallest absolute Gasteiger partial charge is 0.323 e. The van der Waals surface area contributed by atoms with E-state index in [0.717, 1.165) is 0 Å². The Labute approximate surface area is 129 Å². The molecule has 0 aliphatic rings. The standard InChI is InChI=1S/C15H21N3O4/c1-10(2)18(9-13(19)20)14(21)11-6-5-7-12(8-11)16-15(22)17(3)4/h5-8,10H,9H2,1-4H3,(H,16,22)(H,19,20). The number of amides is 3. The van der Waals surface area contributed by atoms with E-state index in [9.17, 15) is 14.4 Å². The van der Waals surface area contributed by atoms with E-state index in [4.69, 9.17) is 5.11 Å². The SMILES string of the molecule is CC(C)N(CC(=O)O)C(=O)c1cccc(NC(=O)N(C)C)c1. The Morgan fingerprint density at radius 2 is 1.86 bits per heavy atom. The number of carboxylic acids is 1. The van der Waals surface area contributed by atoms with E-state index in [1.54, 1.807) is 46.1 Å². The second-order valence-corrected chi connectivity index (χ2v) is 5.33. The van der Waals surface area contributed by atoms with E-state index >= 15 is 0 Å². The highest BCUT2D eigenvalue weighted by Gasteiger charge is 2.21. The van der Waals surface area contributed by atoms with Crippen molar-refractivity contribution in [3.8, 4) is 0 Å². The Morgan fingerprint density at radius 1 is 1.23 bits per heavy atom. The number of hydrogen-bond donors (Lipinski definition) is 2. The van der Waals surface area contributed by atoms with Crippen LogP contribution in [0.3, 0.4) is 0 Å². The maximum absolute atomic E-state index is 12.4. The number of aliphatic carboxylic acids is 1. The van der Waals surface area contributed by atoms with Crippen LogP contribution in [0.2, 0.25) is 0 Å². The van der Waals surface area contributed by atoms with Gasteiger partial charge in [0.15, 0.2) is 0 Å². The fraction of sp³-hybridized carbons (Fsp3) is 0.400. The Hall–Kier alpha value is -2.57. The van der Waals surface area contributed by atoms with Crippen molar-refractivity contribution >= 4 is 23.6 Å². The van der Waals surface area contributed by atoms with Crippen molar-refractivity contribution in [2.24, 2.45) is 0 Å². The third-order valence-electron chi connectivity index (χ3n) is 2.96. The molecule has 0 saturated heterocycles. The van der Waals surface area contributed by atoms with Crippen LogP contribution in [0.25, 0.3) is 0 Å². The minimum atomic E-state index is -1.07. The largest absolute Gasteiger partial charge is 0.480 e. The first-order valence-corrected chi connectivity index (χ1v) is 6.83. The van der Waals surface area contributed by atoms with E-state index in [2.05, 4.69) is 5.32 Å². The zero-order chi connectivity index (χ0) is 16.9. The van der Waals surface area contributed by atoms with Gasteiger partial charge in [0.05, 0.1) is 0 Å². The Kier molecular flexibility index (Phi) is 5.91. The number of rotatable bonds is 5. The molecule has 0 aromatic heterocycles. The summed E-state index contributed by atoms with van der Waals surface area (Å²) < 4.78 is 0. The number of anilines is 1. The first-order valence-electron chi connectivity index (χ1n) is 6.83. The molecule has 120 valence electrons. The van der Waals surface area contributed by atoms with Gasteiger partial charge in [-0.05, 0) is 32.0 Å². The molecule has 0 fully saturated rings. The topological polar surface area (TPSA) is 90.0 Å². The first-order chi connectivity index (χ1) is 10.2. The monoisotopic (exact) mass is 307 g/mol. The third-order valence-corrected chi connectivity index (χ3v) is 2.96. The number of carbonyl (C=O) groups is 3. The molecule has 3 amide bonds. The molecule has 1 rings (SSSR count). The molecule has 0 unspecified atom stereocenters. The molecule has 0 atom stereocenters. The molecule has 0 heterocycles. The minimum Gasteiger partial charge on any atom is -0.480 e. The zero-order valence-corrected chi connectivity index (χ0v) is 13.2. The van der Waals surface area contributed by atoms with Crippen molar-refractivity contribution in [2.45, 2.75) is 19.9 Å². The van der Waals surface area contributed by atoms with Crippen LogP contribution in [0.1, 0.15) is 24.2 Å². The normalized spacial score (nSPS) is 10.2. The fourth-order valence-corrected chi connectivity index (χ4v) is 1.77. The Bertz CT molecular complexity index is 570. The summed E-state index contributed by atoms with van der Waals surface area (Å²) in [5, 5.41) is 11.6. The van der Waals surface area contributed by atoms with Gasteiger partial charge in [-0.25, -0.2) is 4.79 Å². The maximum atomic E-state index is 12.4. The van der Waals surface area contributed by atoms with Crippen LogP contribution in [-0.4, -0.2) is 59.5 Å². The van der Waals surface area contributed by atoms with Gasteiger partial charge in [-0.3, -0.25) is 9.59 Å². The summed E-state index contributed by atoms with van der Waals surface area (Å²) in [6.45, 7) is 3.13. The van der Waals surface area contributed by atoms with Gasteiger partial charge in [0, 0.05) is 31.4 Å². The molecule has 7 nitrogen and oxygen atoms in total. The molecule has 0 spiro atoms. The quantitative estimate of drug-likeness (QED) is 0.866. The lowest BCUT2D eigenvalue weighted by Gasteiger charge is -2.25. The minimum absolute atomic E-state index is 0.247. The number of urea groups is 1. The summed E-state index contributed by atoms with van der Waals surface area (Å²) in [5.74, 6) is -1.46. The molecule has 0 aliphatic heterocycles. The number of carboxylic acid groups (broad SMARTS) is 1. The summed E-state index contributed by atoms with van der Waals surface area (Å²) in [6.07, 6.45) is 0. The van der Waals surface area contributed by atoms with Crippen LogP contribution < -0.4 is 5.32 Å². The van der Waals surface area contributed by atoms with Crippen molar-refractivity contribution in [2.75, 3.05) is 26.0 Å². The summed E-state index contributed by atoms with van der Waals surface area (Å²) >= 11 is 0. The molecule has 1 aromatic rings. The molecule has 0 radical (unpaired) electrons. The van der Waals surface area contributed by atoms with E-state index in [0.29, 0.717) is 11.3 Å². The van der Waals surface area contributed by atoms with Crippen LogP contribution in [0.5, 0.6) is 0 Å². The van der Waals surface area contributed by atoms with Gasteiger partial charge in [-0.1, -0.05) is 6.07 Å². The van der Waals surface area contributed by atoms with Gasteiger partial charge >= 0.3 is 12.0 Å². The second kappa shape index (κ2) is 7.44. The highest BCUT2D eigenvalue weighted by atomic mass is 16.4. The fourth-order valence-electron chi connectivity index (χ4n) is 1.77. The van der Waals surface area contributed by atoms with Gasteiger partial charge in [0.2, 0.25) is 0 Å². The number of hydrogen-bond acceptors (Lipinski definition) is 3. The van der Waals surface area contributed by atoms with Crippen molar-refractivity contribution in [1.29, 1.82) is 0 Å². The van der Waals surface area contributed by atoms with E-state index in [1.165, 1.54) is 15.9 Å². The van der Waals surface area contributed by atoms with Gasteiger partial charge < -0.3 is 20.2 Å². The molecule has 22 heavy (non-hydrogen) atoms. The summed E-state index contributed by atoms with van der Waals surface area (Å²) in [6, 6.07) is 5.86. The summed E-state index contributed by atoms with van der Waals surface area (Å²) in [4.78, 5) is 37.6. The van der Waals surface area contributed by atoms with E-state index in [-0.39, 0.29) is 18.6 Å².